The normalized spacial score (nSPS) is 25.2. The molecule has 2 aromatic rings. The van der Waals surface area contributed by atoms with Gasteiger partial charge in [-0.15, -0.1) is 0 Å². The number of rotatable bonds is 5. The fraction of sp³-hybridized carbons (Fsp3) is 0.591. The summed E-state index contributed by atoms with van der Waals surface area (Å²) in [5.74, 6) is 1.68. The second-order valence-corrected chi connectivity index (χ2v) is 10.4. The van der Waals surface area contributed by atoms with Crippen molar-refractivity contribution in [2.24, 2.45) is 11.1 Å². The van der Waals surface area contributed by atoms with E-state index in [-0.39, 0.29) is 17.6 Å². The number of nitrogens with one attached hydrogen (secondary N) is 1. The summed E-state index contributed by atoms with van der Waals surface area (Å²) in [6.45, 7) is 6.71. The summed E-state index contributed by atoms with van der Waals surface area (Å²) >= 11 is 8.13. The number of nitrogens with two attached hydrogens (primary N) is 1. The highest BCUT2D eigenvalue weighted by atomic mass is 35.5. The molecule has 0 amide bonds. The molecule has 9 heteroatoms. The summed E-state index contributed by atoms with van der Waals surface area (Å²) in [4.78, 5) is 17.2. The predicted octanol–water partition coefficient (Wildman–Crippen LogP) is 3.89. The van der Waals surface area contributed by atoms with Crippen LogP contribution >= 0.6 is 23.4 Å². The van der Waals surface area contributed by atoms with Crippen LogP contribution in [0.25, 0.3) is 0 Å². The Morgan fingerprint density at radius 3 is 2.71 bits per heavy atom. The highest BCUT2D eigenvalue weighted by Gasteiger charge is 2.47. The smallest absolute Gasteiger partial charge is 0.147 e. The van der Waals surface area contributed by atoms with E-state index in [0.717, 1.165) is 59.8 Å². The van der Waals surface area contributed by atoms with E-state index in [0.29, 0.717) is 11.1 Å². The zero-order valence-electron chi connectivity index (χ0n) is 18.0. The lowest BCUT2D eigenvalue weighted by molar-refractivity contribution is 0.0974. The summed E-state index contributed by atoms with van der Waals surface area (Å²) in [7, 11) is 0. The van der Waals surface area contributed by atoms with Crippen LogP contribution in [0.1, 0.15) is 38.3 Å². The van der Waals surface area contributed by atoms with Crippen molar-refractivity contribution in [1.82, 2.24) is 15.0 Å². The van der Waals surface area contributed by atoms with E-state index in [1.807, 2.05) is 19.2 Å². The van der Waals surface area contributed by atoms with Crippen molar-refractivity contribution in [2.45, 2.75) is 67.6 Å². The third kappa shape index (κ3) is 4.23. The largest absolute Gasteiger partial charge is 0.376 e. The van der Waals surface area contributed by atoms with Gasteiger partial charge in [0.05, 0.1) is 29.6 Å². The van der Waals surface area contributed by atoms with Gasteiger partial charge >= 0.3 is 0 Å². The maximum absolute atomic E-state index is 6.59. The first kappa shape index (κ1) is 21.2. The number of halogens is 1. The van der Waals surface area contributed by atoms with Crippen LogP contribution in [-0.4, -0.2) is 52.8 Å². The van der Waals surface area contributed by atoms with Gasteiger partial charge in [0, 0.05) is 41.7 Å². The first-order valence-corrected chi connectivity index (χ1v) is 12.2. The number of ether oxygens (including phenoxy) is 1. The molecule has 0 unspecified atom stereocenters. The molecule has 0 aromatic carbocycles. The van der Waals surface area contributed by atoms with Gasteiger partial charge in [-0.2, -0.15) is 0 Å². The summed E-state index contributed by atoms with van der Waals surface area (Å²) in [5.41, 5.74) is 7.46. The van der Waals surface area contributed by atoms with Crippen molar-refractivity contribution < 1.29 is 4.74 Å². The Kier molecular flexibility index (Phi) is 5.75. The number of aromatic nitrogens is 3. The maximum atomic E-state index is 6.59. The Morgan fingerprint density at radius 2 is 2.06 bits per heavy atom. The first-order valence-electron chi connectivity index (χ1n) is 11.0. The standard InChI is InChI=1S/C22H29ClN6OS/c1-13-21(31-16-5-8-25-20(18(16)23)28-15-3-4-15)26-11-17(27-13)29-9-6-22(7-10-29)12-30-14(2)19(22)24/h5,8,11,14-15,19H,3-4,6-7,9-10,12,24H2,1-2H3,(H,25,28)/t14-,19+/m0/s1. The van der Waals surface area contributed by atoms with Crippen molar-refractivity contribution in [3.05, 3.63) is 29.2 Å². The minimum Gasteiger partial charge on any atom is -0.376 e. The highest BCUT2D eigenvalue weighted by molar-refractivity contribution is 7.99. The number of piperidine rings is 1. The van der Waals surface area contributed by atoms with Crippen molar-refractivity contribution in [3.63, 3.8) is 0 Å². The van der Waals surface area contributed by atoms with Crippen LogP contribution in [0.15, 0.2) is 28.4 Å². The monoisotopic (exact) mass is 460 g/mol. The van der Waals surface area contributed by atoms with E-state index >= 15 is 0 Å². The molecule has 2 aliphatic heterocycles. The Hall–Kier alpha value is -1.61. The predicted molar refractivity (Wildman–Crippen MR) is 124 cm³/mol. The van der Waals surface area contributed by atoms with E-state index in [4.69, 9.17) is 32.0 Å². The molecule has 1 saturated carbocycles. The van der Waals surface area contributed by atoms with Crippen LogP contribution < -0.4 is 16.0 Å². The topological polar surface area (TPSA) is 89.2 Å². The van der Waals surface area contributed by atoms with Crippen LogP contribution in [0.2, 0.25) is 5.02 Å². The van der Waals surface area contributed by atoms with E-state index in [1.54, 1.807) is 6.20 Å². The lowest BCUT2D eigenvalue weighted by Crippen LogP contribution is -2.50. The van der Waals surface area contributed by atoms with Crippen LogP contribution in [0.3, 0.4) is 0 Å². The molecule has 31 heavy (non-hydrogen) atoms. The summed E-state index contributed by atoms with van der Waals surface area (Å²) in [6.07, 6.45) is 8.22. The van der Waals surface area contributed by atoms with Crippen molar-refractivity contribution in [3.8, 4) is 0 Å². The zero-order chi connectivity index (χ0) is 21.6. The van der Waals surface area contributed by atoms with Crippen molar-refractivity contribution in [1.29, 1.82) is 0 Å². The van der Waals surface area contributed by atoms with E-state index < -0.39 is 0 Å². The SMILES string of the molecule is Cc1nc(N2CCC3(CC2)CO[C@@H](C)[C@H]3N)cnc1Sc1ccnc(NC2CC2)c1Cl. The Labute approximate surface area is 192 Å². The zero-order valence-corrected chi connectivity index (χ0v) is 19.5. The van der Waals surface area contributed by atoms with Gasteiger partial charge in [-0.05, 0) is 45.6 Å². The van der Waals surface area contributed by atoms with Crippen LogP contribution in [-0.2, 0) is 4.74 Å². The maximum Gasteiger partial charge on any atom is 0.147 e. The second-order valence-electron chi connectivity index (χ2n) is 9.00. The molecule has 4 heterocycles. The molecule has 2 saturated heterocycles. The number of anilines is 2. The molecule has 7 nitrogen and oxygen atoms in total. The van der Waals surface area contributed by atoms with Gasteiger partial charge in [0.2, 0.25) is 0 Å². The number of hydrogen-bond acceptors (Lipinski definition) is 8. The molecule has 5 rings (SSSR count). The van der Waals surface area contributed by atoms with Gasteiger partial charge in [0.15, 0.2) is 0 Å². The molecule has 2 atom stereocenters. The molecule has 2 aromatic heterocycles. The van der Waals surface area contributed by atoms with E-state index in [2.05, 4.69) is 22.1 Å². The second kappa shape index (κ2) is 8.39. The number of aryl methyl sites for hydroxylation is 1. The molecule has 1 aliphatic carbocycles. The summed E-state index contributed by atoms with van der Waals surface area (Å²) < 4.78 is 5.84. The van der Waals surface area contributed by atoms with E-state index in [9.17, 15) is 0 Å². The number of pyridine rings is 1. The van der Waals surface area contributed by atoms with E-state index in [1.165, 1.54) is 24.6 Å². The van der Waals surface area contributed by atoms with Gasteiger partial charge in [-0.25, -0.2) is 15.0 Å². The molecule has 166 valence electrons. The average Bonchev–Trinajstić information content (AvgIpc) is 3.55. The van der Waals surface area contributed by atoms with Gasteiger partial charge in [-0.1, -0.05) is 23.4 Å². The first-order chi connectivity index (χ1) is 14.9. The van der Waals surface area contributed by atoms with Gasteiger partial charge < -0.3 is 20.7 Å². The van der Waals surface area contributed by atoms with Crippen molar-refractivity contribution >= 4 is 35.0 Å². The van der Waals surface area contributed by atoms with Crippen molar-refractivity contribution in [2.75, 3.05) is 29.9 Å². The van der Waals surface area contributed by atoms with Gasteiger partial charge in [0.25, 0.3) is 0 Å². The lowest BCUT2D eigenvalue weighted by atomic mass is 9.73. The molecule has 0 bridgehead atoms. The van der Waals surface area contributed by atoms with Crippen LogP contribution in [0.4, 0.5) is 11.6 Å². The quantitative estimate of drug-likeness (QED) is 0.694. The molecular weight excluding hydrogens is 432 g/mol. The third-order valence-corrected chi connectivity index (χ3v) is 8.45. The fourth-order valence-corrected chi connectivity index (χ4v) is 5.60. The highest BCUT2D eigenvalue weighted by Crippen LogP contribution is 2.42. The van der Waals surface area contributed by atoms with Gasteiger partial charge in [0.1, 0.15) is 16.7 Å². The van der Waals surface area contributed by atoms with Gasteiger partial charge in [-0.3, -0.25) is 0 Å². The Morgan fingerprint density at radius 1 is 1.29 bits per heavy atom. The molecule has 3 N–H and O–H groups in total. The average molecular weight is 461 g/mol. The number of nitrogens with zero attached hydrogens (tertiary/aromatic N) is 4. The molecule has 0 radical (unpaired) electrons. The molecule has 3 aliphatic rings. The minimum absolute atomic E-state index is 0.110. The minimum atomic E-state index is 0.110. The van der Waals surface area contributed by atoms with Crippen LogP contribution in [0.5, 0.6) is 0 Å². The summed E-state index contributed by atoms with van der Waals surface area (Å²) in [6, 6.07) is 2.55. The number of hydrogen-bond donors (Lipinski definition) is 2. The fourth-order valence-electron chi connectivity index (χ4n) is 4.50. The summed E-state index contributed by atoms with van der Waals surface area (Å²) in [5, 5.41) is 4.90. The molecule has 3 fully saturated rings. The Bertz CT molecular complexity index is 963. The van der Waals surface area contributed by atoms with Crippen LogP contribution in [0, 0.1) is 12.3 Å². The molecule has 1 spiro atoms. The molecular formula is C22H29ClN6OS. The Balaban J connectivity index is 1.27. The lowest BCUT2D eigenvalue weighted by Gasteiger charge is -2.41. The third-order valence-electron chi connectivity index (χ3n) is 6.80.